The average Bonchev–Trinajstić information content (AvgIpc) is 1.71. The SMILES string of the molecule is CCC(C)C(C(CC(=O)N1CCC[C@H]1C(OC)C(C)C(=O)NC(C)C(O)c1ccccc1)OC)N(C)C(=O)C(NC(=O)C(C(C)C)[N+](C)(C)Cc1ccc(NC(=O)C(CCCNC(N)=O)NC(=O)C(NC(=O)C(CN)N2C(=O)C=CC2=O)C(C)C)cc1)C(C)C. The van der Waals surface area contributed by atoms with Gasteiger partial charge >= 0.3 is 6.03 Å². The van der Waals surface area contributed by atoms with Crippen LogP contribution in [0.3, 0.4) is 0 Å². The van der Waals surface area contributed by atoms with E-state index < -0.39 is 121 Å². The first-order chi connectivity index (χ1) is 42.3. The van der Waals surface area contributed by atoms with E-state index in [1.165, 1.54) is 14.2 Å². The highest BCUT2D eigenvalue weighted by Crippen LogP contribution is 2.31. The second-order valence-corrected chi connectivity index (χ2v) is 25.6. The number of primary amides is 1. The molecule has 0 aliphatic carbocycles. The van der Waals surface area contributed by atoms with E-state index in [0.29, 0.717) is 48.5 Å². The number of anilines is 1. The molecule has 2 aromatic carbocycles. The lowest BCUT2D eigenvalue weighted by molar-refractivity contribution is -0.922. The van der Waals surface area contributed by atoms with Crippen LogP contribution < -0.4 is 43.4 Å². The van der Waals surface area contributed by atoms with Crippen molar-refractivity contribution < 1.29 is 67.0 Å². The highest BCUT2D eigenvalue weighted by atomic mass is 16.5. The Morgan fingerprint density at radius 2 is 1.36 bits per heavy atom. The Bertz CT molecular complexity index is 2780. The molecule has 11 amide bonds. The molecule has 500 valence electrons. The maximum Gasteiger partial charge on any atom is 0.312 e. The summed E-state index contributed by atoms with van der Waals surface area (Å²) in [6.45, 7) is 18.9. The molecule has 13 atom stereocenters. The molecule has 0 bridgehead atoms. The van der Waals surface area contributed by atoms with Crippen molar-refractivity contribution in [2.45, 2.75) is 181 Å². The largest absolute Gasteiger partial charge is 0.386 e. The predicted molar refractivity (Wildman–Crippen MR) is 341 cm³/mol. The van der Waals surface area contributed by atoms with E-state index >= 15 is 0 Å². The van der Waals surface area contributed by atoms with Crippen LogP contribution >= 0.6 is 0 Å². The van der Waals surface area contributed by atoms with Gasteiger partial charge in [0.05, 0.1) is 62.9 Å². The number of carbonyl (C=O) groups excluding carboxylic acids is 10. The number of methoxy groups -OCH3 is 2. The molecule has 0 aromatic heterocycles. The Morgan fingerprint density at radius 1 is 0.756 bits per heavy atom. The zero-order chi connectivity index (χ0) is 67.5. The molecule has 90 heavy (non-hydrogen) atoms. The van der Waals surface area contributed by atoms with Crippen LogP contribution in [-0.4, -0.2) is 199 Å². The first-order valence-corrected chi connectivity index (χ1v) is 31.4. The molecular weight excluding hydrogens is 1160 g/mol. The summed E-state index contributed by atoms with van der Waals surface area (Å²) in [7, 11) is 8.60. The van der Waals surface area contributed by atoms with Gasteiger partial charge in [-0.05, 0) is 68.1 Å². The van der Waals surface area contributed by atoms with Gasteiger partial charge in [-0.3, -0.25) is 48.1 Å². The van der Waals surface area contributed by atoms with Crippen molar-refractivity contribution in [1.29, 1.82) is 0 Å². The number of hydrogen-bond acceptors (Lipinski definition) is 14. The van der Waals surface area contributed by atoms with Crippen molar-refractivity contribution in [3.05, 3.63) is 77.9 Å². The van der Waals surface area contributed by atoms with Crippen molar-refractivity contribution in [3.63, 3.8) is 0 Å². The summed E-state index contributed by atoms with van der Waals surface area (Å²) < 4.78 is 12.3. The Kier molecular flexibility index (Phi) is 29.0. The number of nitrogens with one attached hydrogen (secondary N) is 6. The number of rotatable bonds is 35. The number of amides is 11. The van der Waals surface area contributed by atoms with Crippen molar-refractivity contribution >= 4 is 64.9 Å². The lowest BCUT2D eigenvalue weighted by Crippen LogP contribution is -2.63. The molecule has 2 heterocycles. The average molecular weight is 1260 g/mol. The van der Waals surface area contributed by atoms with Crippen molar-refractivity contribution in [3.8, 4) is 0 Å². The van der Waals surface area contributed by atoms with Crippen LogP contribution in [-0.2, 0) is 59.2 Å². The Balaban J connectivity index is 1.47. The number of ether oxygens (including phenoxy) is 2. The van der Waals surface area contributed by atoms with E-state index in [-0.39, 0.29) is 71.7 Å². The molecule has 2 aliphatic heterocycles. The molecule has 2 aliphatic rings. The number of aliphatic hydroxyl groups excluding tert-OH is 1. The third kappa shape index (κ3) is 20.1. The highest BCUT2D eigenvalue weighted by molar-refractivity contribution is 6.15. The van der Waals surface area contributed by atoms with E-state index in [4.69, 9.17) is 20.9 Å². The quantitative estimate of drug-likeness (QED) is 0.0272. The normalized spacial score (nSPS) is 18.3. The highest BCUT2D eigenvalue weighted by Gasteiger charge is 2.45. The summed E-state index contributed by atoms with van der Waals surface area (Å²) in [6, 6.07) is 8.31. The first-order valence-electron chi connectivity index (χ1n) is 31.4. The van der Waals surface area contributed by atoms with E-state index in [2.05, 4.69) is 31.9 Å². The van der Waals surface area contributed by atoms with Gasteiger partial charge < -0.3 is 72.2 Å². The maximum absolute atomic E-state index is 14.9. The fourth-order valence-corrected chi connectivity index (χ4v) is 12.5. The van der Waals surface area contributed by atoms with E-state index in [0.717, 1.165) is 17.7 Å². The number of hydrogen-bond donors (Lipinski definition) is 9. The molecule has 0 spiro atoms. The molecule has 0 radical (unpaired) electrons. The molecule has 1 fully saturated rings. The molecule has 11 N–H and O–H groups in total. The van der Waals surface area contributed by atoms with Crippen LogP contribution in [0.25, 0.3) is 0 Å². The number of nitrogens with zero attached hydrogens (tertiary/aromatic N) is 4. The van der Waals surface area contributed by atoms with Crippen LogP contribution in [0.2, 0.25) is 0 Å². The summed E-state index contributed by atoms with van der Waals surface area (Å²) in [5, 5.41) is 27.7. The maximum atomic E-state index is 14.9. The fourth-order valence-electron chi connectivity index (χ4n) is 12.5. The zero-order valence-electron chi connectivity index (χ0n) is 55.4. The second-order valence-electron chi connectivity index (χ2n) is 25.6. The van der Waals surface area contributed by atoms with Gasteiger partial charge in [-0.25, -0.2) is 4.79 Å². The smallest absolute Gasteiger partial charge is 0.312 e. The van der Waals surface area contributed by atoms with Crippen molar-refractivity contribution in [2.24, 2.45) is 41.1 Å². The van der Waals surface area contributed by atoms with Gasteiger partial charge in [0.15, 0.2) is 6.04 Å². The van der Waals surface area contributed by atoms with Gasteiger partial charge in [0.25, 0.3) is 17.7 Å². The van der Waals surface area contributed by atoms with Gasteiger partial charge in [0.2, 0.25) is 35.4 Å². The van der Waals surface area contributed by atoms with Crippen LogP contribution in [0.1, 0.15) is 125 Å². The Morgan fingerprint density at radius 3 is 1.89 bits per heavy atom. The number of likely N-dealkylation sites (N-methyl/N-ethyl adjacent to an activating group) is 2. The lowest BCUT2D eigenvalue weighted by Gasteiger charge is -2.42. The molecule has 2 aromatic rings. The summed E-state index contributed by atoms with van der Waals surface area (Å²) in [4.78, 5) is 140. The van der Waals surface area contributed by atoms with E-state index in [9.17, 15) is 53.1 Å². The minimum absolute atomic E-state index is 0.0455. The summed E-state index contributed by atoms with van der Waals surface area (Å²) >= 11 is 0. The van der Waals surface area contributed by atoms with Crippen molar-refractivity contribution in [2.75, 3.05) is 60.3 Å². The summed E-state index contributed by atoms with van der Waals surface area (Å²) in [5.74, 6) is -6.70. The number of quaternary nitrogens is 1. The number of likely N-dealkylation sites (tertiary alicyclic amines) is 1. The van der Waals surface area contributed by atoms with E-state index in [1.807, 2.05) is 73.8 Å². The van der Waals surface area contributed by atoms with Gasteiger partial charge in [0, 0.05) is 70.2 Å². The molecule has 12 unspecified atom stereocenters. The number of aliphatic hydroxyl groups is 1. The van der Waals surface area contributed by atoms with Crippen LogP contribution in [0.5, 0.6) is 0 Å². The molecule has 25 nitrogen and oxygen atoms in total. The number of imide groups is 1. The predicted octanol–water partition coefficient (Wildman–Crippen LogP) is 2.85. The van der Waals surface area contributed by atoms with Crippen LogP contribution in [0.15, 0.2) is 66.7 Å². The molecular formula is C65H103N12O13+. The third-order valence-electron chi connectivity index (χ3n) is 17.5. The zero-order valence-corrected chi connectivity index (χ0v) is 55.4. The van der Waals surface area contributed by atoms with Crippen LogP contribution in [0.4, 0.5) is 10.5 Å². The number of carbonyl (C=O) groups is 10. The summed E-state index contributed by atoms with van der Waals surface area (Å²) in [6.07, 6.45) is 1.87. The second kappa shape index (κ2) is 34.8. The standard InChI is InChI=1S/C65H102N12O13/c1-16-40(8)55(49(89-14)34-52(80)75-33-21-25-47(75)58(90-15)41(9)59(82)69-42(10)57(81)44-22-18-17-19-23-44)74(11)64(87)54(38(4)5)73-63(86)56(39(6)7)77(12,13)36-43-26-28-45(29-27-43)70-60(83)46(24-20-32-68-65(67)88)71-62(85)53(37(2)3)72-61(84)48(35-66)76-50(78)30-31-51(76)79/h17-19,22-23,26-31,37-42,46-49,53-58,81H,16,20-21,24-25,32-36,66H2,1-15H3,(H7-,67,68,69,70,71,72,73,82,83,84,85,86,88)/p+1/t40?,41?,42?,46?,47-,48?,49?,53?,54?,55?,56?,57?,58?/m0/s1. The first kappa shape index (κ1) is 75.1. The van der Waals surface area contributed by atoms with Gasteiger partial charge in [-0.15, -0.1) is 0 Å². The fraction of sp³-hybridized carbons (Fsp3) is 0.631. The minimum atomic E-state index is -1.39. The number of benzene rings is 2. The summed E-state index contributed by atoms with van der Waals surface area (Å²) in [5.41, 5.74) is 12.9. The van der Waals surface area contributed by atoms with E-state index in [1.54, 1.807) is 80.9 Å². The Hall–Kier alpha value is -7.32. The van der Waals surface area contributed by atoms with Gasteiger partial charge in [0.1, 0.15) is 30.7 Å². The lowest BCUT2D eigenvalue weighted by atomic mass is 9.89. The minimum Gasteiger partial charge on any atom is -0.386 e. The van der Waals surface area contributed by atoms with Crippen LogP contribution in [0, 0.1) is 29.6 Å². The Labute approximate surface area is 531 Å². The van der Waals surface area contributed by atoms with Gasteiger partial charge in [-0.1, -0.05) is 111 Å². The molecule has 25 heteroatoms. The monoisotopic (exact) mass is 1260 g/mol. The third-order valence-corrected chi connectivity index (χ3v) is 17.5. The molecule has 0 saturated carbocycles. The number of nitrogens with two attached hydrogens (primary N) is 2. The topological polar surface area (TPSA) is 343 Å². The number of urea groups is 1. The molecule has 4 rings (SSSR count). The van der Waals surface area contributed by atoms with Gasteiger partial charge in [-0.2, -0.15) is 0 Å². The molecule has 1 saturated heterocycles. The van der Waals surface area contributed by atoms with Crippen molar-refractivity contribution in [1.82, 2.24) is 41.3 Å².